The molecule has 144 valence electrons. The molecule has 2 saturated heterocycles. The summed E-state index contributed by atoms with van der Waals surface area (Å²) in [5.41, 5.74) is 0.0708. The van der Waals surface area contributed by atoms with E-state index < -0.39 is 0 Å². The van der Waals surface area contributed by atoms with Gasteiger partial charge in [0.25, 0.3) is 0 Å². The molecule has 8 heteroatoms. The van der Waals surface area contributed by atoms with Gasteiger partial charge in [0, 0.05) is 51.0 Å². The van der Waals surface area contributed by atoms with Crippen LogP contribution in [0.3, 0.4) is 0 Å². The van der Waals surface area contributed by atoms with Gasteiger partial charge in [-0.15, -0.1) is 0 Å². The molecule has 0 bridgehead atoms. The van der Waals surface area contributed by atoms with E-state index in [4.69, 9.17) is 0 Å². The summed E-state index contributed by atoms with van der Waals surface area (Å²) in [6.45, 7) is 4.59. The van der Waals surface area contributed by atoms with Gasteiger partial charge in [0.15, 0.2) is 0 Å². The van der Waals surface area contributed by atoms with Gasteiger partial charge in [0.05, 0.1) is 6.54 Å². The molecular formula is C18H30N6O2. The van der Waals surface area contributed by atoms with Crippen molar-refractivity contribution in [3.63, 3.8) is 0 Å². The summed E-state index contributed by atoms with van der Waals surface area (Å²) in [4.78, 5) is 35.0. The number of piperidine rings is 2. The van der Waals surface area contributed by atoms with Crippen molar-refractivity contribution in [2.45, 2.75) is 38.6 Å². The van der Waals surface area contributed by atoms with Crippen LogP contribution in [0.1, 0.15) is 32.1 Å². The molecular weight excluding hydrogens is 332 g/mol. The normalized spacial score (nSPS) is 23.9. The number of hydrogen-bond acceptors (Lipinski definition) is 5. The molecule has 0 unspecified atom stereocenters. The molecule has 1 aromatic rings. The molecule has 8 nitrogen and oxygen atoms in total. The molecule has 1 atom stereocenters. The lowest BCUT2D eigenvalue weighted by molar-refractivity contribution is -0.143. The van der Waals surface area contributed by atoms with E-state index in [0.29, 0.717) is 19.4 Å². The van der Waals surface area contributed by atoms with Crippen molar-refractivity contribution in [1.29, 1.82) is 0 Å². The maximum Gasteiger partial charge on any atom is 0.224 e. The molecule has 1 aromatic heterocycles. The van der Waals surface area contributed by atoms with Gasteiger partial charge < -0.3 is 14.7 Å². The van der Waals surface area contributed by atoms with E-state index in [-0.39, 0.29) is 17.2 Å². The maximum atomic E-state index is 12.7. The Balaban J connectivity index is 1.57. The SMILES string of the molecule is CN(C)CCN1C[C@@]2(CCCN(C(=O)CCn3cncn3)C2)CCC1=O. The Labute approximate surface area is 155 Å². The Morgan fingerprint density at radius 3 is 2.85 bits per heavy atom. The summed E-state index contributed by atoms with van der Waals surface area (Å²) in [6, 6.07) is 0. The van der Waals surface area contributed by atoms with E-state index in [1.165, 1.54) is 6.33 Å². The third-order valence-electron chi connectivity index (χ3n) is 5.60. The predicted molar refractivity (Wildman–Crippen MR) is 97.3 cm³/mol. The summed E-state index contributed by atoms with van der Waals surface area (Å²) in [5.74, 6) is 0.434. The molecule has 1 spiro atoms. The van der Waals surface area contributed by atoms with E-state index in [0.717, 1.165) is 52.0 Å². The van der Waals surface area contributed by atoms with Crippen molar-refractivity contribution in [1.82, 2.24) is 29.5 Å². The highest BCUT2D eigenvalue weighted by molar-refractivity contribution is 5.78. The molecule has 2 aliphatic heterocycles. The maximum absolute atomic E-state index is 12.7. The van der Waals surface area contributed by atoms with Gasteiger partial charge >= 0.3 is 0 Å². The third kappa shape index (κ3) is 4.60. The highest BCUT2D eigenvalue weighted by Gasteiger charge is 2.42. The first-order valence-corrected chi connectivity index (χ1v) is 9.50. The number of rotatable bonds is 6. The molecule has 3 heterocycles. The number of hydrogen-bond donors (Lipinski definition) is 0. The Hall–Kier alpha value is -1.96. The van der Waals surface area contributed by atoms with Gasteiger partial charge in [-0.25, -0.2) is 4.98 Å². The van der Waals surface area contributed by atoms with Crippen LogP contribution in [0.4, 0.5) is 0 Å². The first-order valence-electron chi connectivity index (χ1n) is 9.50. The molecule has 2 fully saturated rings. The average molecular weight is 362 g/mol. The number of likely N-dealkylation sites (tertiary alicyclic amines) is 2. The average Bonchev–Trinajstić information content (AvgIpc) is 3.14. The summed E-state index contributed by atoms with van der Waals surface area (Å²) in [5, 5.41) is 4.06. The molecule has 0 saturated carbocycles. The zero-order valence-electron chi connectivity index (χ0n) is 15.9. The van der Waals surface area contributed by atoms with Crippen LogP contribution in [-0.2, 0) is 16.1 Å². The van der Waals surface area contributed by atoms with Gasteiger partial charge in [-0.1, -0.05) is 0 Å². The fourth-order valence-corrected chi connectivity index (χ4v) is 4.10. The van der Waals surface area contributed by atoms with E-state index >= 15 is 0 Å². The molecule has 3 rings (SSSR count). The number of carbonyl (C=O) groups is 2. The lowest BCUT2D eigenvalue weighted by Crippen LogP contribution is -2.55. The molecule has 2 amide bonds. The van der Waals surface area contributed by atoms with Crippen LogP contribution in [0.5, 0.6) is 0 Å². The van der Waals surface area contributed by atoms with Gasteiger partial charge in [0.1, 0.15) is 12.7 Å². The van der Waals surface area contributed by atoms with Crippen molar-refractivity contribution in [3.8, 4) is 0 Å². The Morgan fingerprint density at radius 1 is 1.27 bits per heavy atom. The highest BCUT2D eigenvalue weighted by Crippen LogP contribution is 2.39. The van der Waals surface area contributed by atoms with Crippen LogP contribution in [-0.4, -0.2) is 88.1 Å². The van der Waals surface area contributed by atoms with Gasteiger partial charge in [-0.05, 0) is 33.4 Å². The number of carbonyl (C=O) groups excluding carboxylic acids is 2. The Morgan fingerprint density at radius 2 is 2.12 bits per heavy atom. The topological polar surface area (TPSA) is 74.6 Å². The molecule has 0 radical (unpaired) electrons. The predicted octanol–water partition coefficient (Wildman–Crippen LogP) is 0.461. The number of aryl methyl sites for hydroxylation is 1. The van der Waals surface area contributed by atoms with Crippen LogP contribution < -0.4 is 0 Å². The number of likely N-dealkylation sites (N-methyl/N-ethyl adjacent to an activating group) is 1. The smallest absolute Gasteiger partial charge is 0.224 e. The van der Waals surface area contributed by atoms with Crippen molar-refractivity contribution in [2.24, 2.45) is 5.41 Å². The Bertz CT molecular complexity index is 617. The van der Waals surface area contributed by atoms with Crippen LogP contribution >= 0.6 is 0 Å². The summed E-state index contributed by atoms with van der Waals surface area (Å²) < 4.78 is 1.69. The van der Waals surface area contributed by atoms with E-state index in [1.54, 1.807) is 11.0 Å². The second-order valence-corrected chi connectivity index (χ2v) is 7.95. The number of nitrogens with zero attached hydrogens (tertiary/aromatic N) is 6. The minimum Gasteiger partial charge on any atom is -0.342 e. The molecule has 0 N–H and O–H groups in total. The standard InChI is InChI=1S/C18H30N6O2/c1-21(2)10-11-23-13-18(7-4-16(23)25)6-3-8-22(12-18)17(26)5-9-24-15-19-14-20-24/h14-15H,3-13H2,1-2H3/t18-/m0/s1. The van der Waals surface area contributed by atoms with Gasteiger partial charge in [-0.2, -0.15) is 5.10 Å². The second kappa shape index (κ2) is 8.16. The highest BCUT2D eigenvalue weighted by atomic mass is 16.2. The number of amides is 2. The van der Waals surface area contributed by atoms with Gasteiger partial charge in [-0.3, -0.25) is 14.3 Å². The molecule has 0 aromatic carbocycles. The Kier molecular flexibility index (Phi) is 5.90. The van der Waals surface area contributed by atoms with Crippen molar-refractivity contribution >= 4 is 11.8 Å². The fourth-order valence-electron chi connectivity index (χ4n) is 4.10. The van der Waals surface area contributed by atoms with Crippen molar-refractivity contribution < 1.29 is 9.59 Å². The summed E-state index contributed by atoms with van der Waals surface area (Å²) in [7, 11) is 4.06. The lowest BCUT2D eigenvalue weighted by Gasteiger charge is -2.48. The van der Waals surface area contributed by atoms with Crippen LogP contribution in [0, 0.1) is 5.41 Å². The largest absolute Gasteiger partial charge is 0.342 e. The second-order valence-electron chi connectivity index (χ2n) is 7.95. The van der Waals surface area contributed by atoms with E-state index in [9.17, 15) is 9.59 Å². The zero-order valence-corrected chi connectivity index (χ0v) is 15.9. The molecule has 0 aliphatic carbocycles. The first kappa shape index (κ1) is 18.8. The first-order chi connectivity index (χ1) is 12.5. The van der Waals surface area contributed by atoms with Crippen LogP contribution in [0.2, 0.25) is 0 Å². The monoisotopic (exact) mass is 362 g/mol. The fraction of sp³-hybridized carbons (Fsp3) is 0.778. The van der Waals surface area contributed by atoms with Crippen molar-refractivity contribution in [2.75, 3.05) is 46.8 Å². The van der Waals surface area contributed by atoms with E-state index in [1.807, 2.05) is 23.9 Å². The minimum atomic E-state index is 0.0708. The summed E-state index contributed by atoms with van der Waals surface area (Å²) in [6.07, 6.45) is 7.20. The summed E-state index contributed by atoms with van der Waals surface area (Å²) >= 11 is 0. The minimum absolute atomic E-state index is 0.0708. The van der Waals surface area contributed by atoms with Crippen LogP contribution in [0.25, 0.3) is 0 Å². The van der Waals surface area contributed by atoms with Gasteiger partial charge in [0.2, 0.25) is 11.8 Å². The lowest BCUT2D eigenvalue weighted by atomic mass is 9.73. The third-order valence-corrected chi connectivity index (χ3v) is 5.60. The quantitative estimate of drug-likeness (QED) is 0.735. The molecule has 26 heavy (non-hydrogen) atoms. The molecule has 2 aliphatic rings. The number of aromatic nitrogens is 3. The van der Waals surface area contributed by atoms with E-state index in [2.05, 4.69) is 15.0 Å². The van der Waals surface area contributed by atoms with Crippen molar-refractivity contribution in [3.05, 3.63) is 12.7 Å². The van der Waals surface area contributed by atoms with Crippen LogP contribution in [0.15, 0.2) is 12.7 Å². The zero-order chi connectivity index (χ0) is 18.6.